The standard InChI is InChI=1S/C6H14OSi2/c1-3-5-8-7-9-6-4-2/h3-4H,1-2,5-6,8-9H2. The van der Waals surface area contributed by atoms with Crippen molar-refractivity contribution in [3.05, 3.63) is 25.3 Å². The van der Waals surface area contributed by atoms with Gasteiger partial charge in [0.25, 0.3) is 0 Å². The smallest absolute Gasteiger partial charge is 0.149 e. The largest absolute Gasteiger partial charge is 0.465 e. The van der Waals surface area contributed by atoms with Gasteiger partial charge in [0.2, 0.25) is 0 Å². The van der Waals surface area contributed by atoms with E-state index in [1.165, 1.54) is 0 Å². The number of rotatable bonds is 6. The highest BCUT2D eigenvalue weighted by atomic mass is 28.3. The highest BCUT2D eigenvalue weighted by Gasteiger charge is 1.83. The molecule has 0 saturated heterocycles. The van der Waals surface area contributed by atoms with Crippen molar-refractivity contribution in [2.24, 2.45) is 0 Å². The predicted octanol–water partition coefficient (Wildman–Crippen LogP) is 0.379. The molecule has 0 amide bonds. The van der Waals surface area contributed by atoms with E-state index in [0.717, 1.165) is 12.1 Å². The topological polar surface area (TPSA) is 9.23 Å². The lowest BCUT2D eigenvalue weighted by molar-refractivity contribution is 0.643. The molecule has 0 unspecified atom stereocenters. The molecule has 0 atom stereocenters. The van der Waals surface area contributed by atoms with Crippen LogP contribution in [-0.2, 0) is 4.12 Å². The van der Waals surface area contributed by atoms with Crippen molar-refractivity contribution < 1.29 is 4.12 Å². The molecule has 0 aliphatic carbocycles. The van der Waals surface area contributed by atoms with Crippen molar-refractivity contribution >= 4 is 19.5 Å². The summed E-state index contributed by atoms with van der Waals surface area (Å²) in [5.74, 6) is 0. The zero-order valence-electron chi connectivity index (χ0n) is 5.81. The van der Waals surface area contributed by atoms with Crippen LogP contribution in [0.2, 0.25) is 12.1 Å². The van der Waals surface area contributed by atoms with Crippen LogP contribution in [0.4, 0.5) is 0 Å². The molecule has 0 rings (SSSR count). The van der Waals surface area contributed by atoms with E-state index in [0.29, 0.717) is 0 Å². The summed E-state index contributed by atoms with van der Waals surface area (Å²) in [6.45, 7) is 7.26. The van der Waals surface area contributed by atoms with Crippen molar-refractivity contribution in [2.45, 2.75) is 12.1 Å². The fourth-order valence-electron chi connectivity index (χ4n) is 0.435. The van der Waals surface area contributed by atoms with Gasteiger partial charge in [0.15, 0.2) is 0 Å². The molecule has 0 aromatic rings. The van der Waals surface area contributed by atoms with Crippen LogP contribution in [0, 0.1) is 0 Å². The maximum absolute atomic E-state index is 5.45. The van der Waals surface area contributed by atoms with E-state index >= 15 is 0 Å². The summed E-state index contributed by atoms with van der Waals surface area (Å²) in [6.07, 6.45) is 3.88. The van der Waals surface area contributed by atoms with Gasteiger partial charge in [-0.05, 0) is 12.1 Å². The third kappa shape index (κ3) is 7.87. The summed E-state index contributed by atoms with van der Waals surface area (Å²) in [5, 5.41) is 0. The zero-order chi connectivity index (χ0) is 6.95. The average Bonchev–Trinajstić information content (AvgIpc) is 1.89. The van der Waals surface area contributed by atoms with Gasteiger partial charge in [-0.3, -0.25) is 0 Å². The minimum atomic E-state index is -0.213. The van der Waals surface area contributed by atoms with Gasteiger partial charge in [0.05, 0.1) is 0 Å². The minimum absolute atomic E-state index is 0.213. The lowest BCUT2D eigenvalue weighted by Crippen LogP contribution is -2.00. The molecule has 0 fully saturated rings. The third-order valence-electron chi connectivity index (χ3n) is 0.933. The summed E-state index contributed by atoms with van der Waals surface area (Å²) in [7, 11) is -0.426. The molecular formula is C6H14OSi2. The van der Waals surface area contributed by atoms with Crippen LogP contribution in [0.25, 0.3) is 0 Å². The highest BCUT2D eigenvalue weighted by Crippen LogP contribution is 1.83. The maximum Gasteiger partial charge on any atom is 0.149 e. The van der Waals surface area contributed by atoms with Gasteiger partial charge in [-0.2, -0.15) is 0 Å². The van der Waals surface area contributed by atoms with Crippen molar-refractivity contribution in [1.29, 1.82) is 0 Å². The second-order valence-electron chi connectivity index (χ2n) is 1.77. The molecule has 0 saturated carbocycles. The molecule has 0 bridgehead atoms. The van der Waals surface area contributed by atoms with Crippen molar-refractivity contribution in [3.63, 3.8) is 0 Å². The van der Waals surface area contributed by atoms with Gasteiger partial charge in [-0.25, -0.2) is 0 Å². The molecule has 1 nitrogen and oxygen atoms in total. The van der Waals surface area contributed by atoms with Crippen LogP contribution in [-0.4, -0.2) is 19.5 Å². The number of hydrogen-bond donors (Lipinski definition) is 0. The Morgan fingerprint density at radius 3 is 1.89 bits per heavy atom. The predicted molar refractivity (Wildman–Crippen MR) is 48.2 cm³/mol. The fraction of sp³-hybridized carbons (Fsp3) is 0.333. The Labute approximate surface area is 61.7 Å². The molecule has 0 N–H and O–H groups in total. The van der Waals surface area contributed by atoms with Gasteiger partial charge >= 0.3 is 0 Å². The maximum atomic E-state index is 5.45. The van der Waals surface area contributed by atoms with Crippen molar-refractivity contribution in [3.8, 4) is 0 Å². The first-order chi connectivity index (χ1) is 4.41. The molecule has 9 heavy (non-hydrogen) atoms. The first-order valence-electron chi connectivity index (χ1n) is 3.21. The monoisotopic (exact) mass is 158 g/mol. The summed E-state index contributed by atoms with van der Waals surface area (Å²) in [4.78, 5) is 0. The number of hydrogen-bond acceptors (Lipinski definition) is 1. The lowest BCUT2D eigenvalue weighted by atomic mass is 10.8. The molecule has 0 aromatic carbocycles. The summed E-state index contributed by atoms with van der Waals surface area (Å²) in [6, 6.07) is 2.23. The molecule has 0 aliphatic rings. The van der Waals surface area contributed by atoms with Crippen LogP contribution in [0.5, 0.6) is 0 Å². The van der Waals surface area contributed by atoms with E-state index in [2.05, 4.69) is 13.2 Å². The summed E-state index contributed by atoms with van der Waals surface area (Å²) in [5.41, 5.74) is 0. The van der Waals surface area contributed by atoms with Gasteiger partial charge < -0.3 is 4.12 Å². The van der Waals surface area contributed by atoms with Crippen LogP contribution in [0.1, 0.15) is 0 Å². The third-order valence-corrected chi connectivity index (χ3v) is 4.53. The fourth-order valence-corrected chi connectivity index (χ4v) is 2.92. The van der Waals surface area contributed by atoms with E-state index in [-0.39, 0.29) is 19.5 Å². The van der Waals surface area contributed by atoms with E-state index < -0.39 is 0 Å². The summed E-state index contributed by atoms with van der Waals surface area (Å²) < 4.78 is 5.45. The minimum Gasteiger partial charge on any atom is -0.465 e. The van der Waals surface area contributed by atoms with Crippen molar-refractivity contribution in [2.75, 3.05) is 0 Å². The van der Waals surface area contributed by atoms with Gasteiger partial charge in [0, 0.05) is 0 Å². The molecule has 0 radical (unpaired) electrons. The van der Waals surface area contributed by atoms with E-state index in [9.17, 15) is 0 Å². The van der Waals surface area contributed by atoms with Crippen LogP contribution >= 0.6 is 0 Å². The average molecular weight is 158 g/mol. The molecule has 0 aromatic heterocycles. The van der Waals surface area contributed by atoms with Crippen LogP contribution in [0.3, 0.4) is 0 Å². The second kappa shape index (κ2) is 7.87. The van der Waals surface area contributed by atoms with Gasteiger partial charge in [0.1, 0.15) is 19.5 Å². The first kappa shape index (κ1) is 8.87. The molecule has 3 heteroatoms. The Morgan fingerprint density at radius 1 is 1.11 bits per heavy atom. The van der Waals surface area contributed by atoms with Crippen LogP contribution < -0.4 is 0 Å². The molecule has 52 valence electrons. The second-order valence-corrected chi connectivity index (χ2v) is 5.37. The Morgan fingerprint density at radius 2 is 1.56 bits per heavy atom. The summed E-state index contributed by atoms with van der Waals surface area (Å²) >= 11 is 0. The normalized spacial score (nSPS) is 11.6. The van der Waals surface area contributed by atoms with E-state index in [1.807, 2.05) is 12.2 Å². The van der Waals surface area contributed by atoms with Crippen LogP contribution in [0.15, 0.2) is 25.3 Å². The SMILES string of the molecule is C=CC[SiH2]O[SiH2]CC=C. The molecule has 0 spiro atoms. The Balaban J connectivity index is 2.74. The molecular weight excluding hydrogens is 144 g/mol. The Bertz CT molecular complexity index is 73.1. The Hall–Kier alpha value is -0.126. The molecule has 0 aliphatic heterocycles. The van der Waals surface area contributed by atoms with Crippen molar-refractivity contribution in [1.82, 2.24) is 0 Å². The van der Waals surface area contributed by atoms with E-state index in [4.69, 9.17) is 4.12 Å². The lowest BCUT2D eigenvalue weighted by Gasteiger charge is -1.96. The zero-order valence-corrected chi connectivity index (χ0v) is 8.63. The van der Waals surface area contributed by atoms with Gasteiger partial charge in [-0.15, -0.1) is 13.2 Å². The Kier molecular flexibility index (Phi) is 7.76. The first-order valence-corrected chi connectivity index (χ1v) is 6.37. The molecule has 0 heterocycles. The van der Waals surface area contributed by atoms with E-state index in [1.54, 1.807) is 0 Å². The number of allylic oxidation sites excluding steroid dienone is 2. The highest BCUT2D eigenvalue weighted by molar-refractivity contribution is 6.43. The quantitative estimate of drug-likeness (QED) is 0.308. The van der Waals surface area contributed by atoms with Gasteiger partial charge in [-0.1, -0.05) is 12.2 Å².